The second kappa shape index (κ2) is 6.97. The number of hydrogen-bond acceptors (Lipinski definition) is 3. The third-order valence-corrected chi connectivity index (χ3v) is 5.21. The minimum atomic E-state index is -4.63. The summed E-state index contributed by atoms with van der Waals surface area (Å²) in [5.74, 6) is 0. The number of alkyl halides is 4. The number of anilines is 1. The molecule has 1 heterocycles. The van der Waals surface area contributed by atoms with Crippen LogP contribution in [-0.2, 0) is 6.18 Å². The molecule has 0 amide bonds. The molecule has 8 heteroatoms. The monoisotopic (exact) mass is 392 g/mol. The maximum absolute atomic E-state index is 14.7. The van der Waals surface area contributed by atoms with Crippen LogP contribution in [0.25, 0.3) is 5.70 Å². The van der Waals surface area contributed by atoms with Crippen LogP contribution >= 0.6 is 0 Å². The van der Waals surface area contributed by atoms with E-state index in [0.717, 1.165) is 6.07 Å². The minimum absolute atomic E-state index is 0.217. The zero-order chi connectivity index (χ0) is 20.7. The van der Waals surface area contributed by atoms with E-state index in [0.29, 0.717) is 11.4 Å². The third kappa shape index (κ3) is 3.61. The number of nitrogens with zero attached hydrogens (tertiary/aromatic N) is 4. The van der Waals surface area contributed by atoms with E-state index >= 15 is 0 Å². The van der Waals surface area contributed by atoms with Gasteiger partial charge in [0.25, 0.3) is 0 Å². The first-order chi connectivity index (χ1) is 13.0. The summed E-state index contributed by atoms with van der Waals surface area (Å²) in [7, 11) is 1.68. The summed E-state index contributed by atoms with van der Waals surface area (Å²) in [6, 6.07) is 4.85. The Morgan fingerprint density at radius 1 is 1.32 bits per heavy atom. The van der Waals surface area contributed by atoms with Crippen molar-refractivity contribution in [1.82, 2.24) is 9.55 Å². The van der Waals surface area contributed by atoms with Crippen molar-refractivity contribution in [1.29, 1.82) is 5.26 Å². The lowest BCUT2D eigenvalue weighted by atomic mass is 9.74. The van der Waals surface area contributed by atoms with Gasteiger partial charge < -0.3 is 9.47 Å². The Kier molecular flexibility index (Phi) is 4.96. The predicted molar refractivity (Wildman–Crippen MR) is 98.1 cm³/mol. The SMILES string of the molecule is CN(c1ccc(C#N)c(C(F)(F)F)c1)C1C=C(n2ccnc2)C(F)CC1(C)C. The Hall–Kier alpha value is -2.82. The predicted octanol–water partition coefficient (Wildman–Crippen LogP) is 4.89. The van der Waals surface area contributed by atoms with Crippen LogP contribution < -0.4 is 4.90 Å². The number of nitriles is 1. The summed E-state index contributed by atoms with van der Waals surface area (Å²) in [5.41, 5.74) is -1.20. The van der Waals surface area contributed by atoms with E-state index < -0.39 is 28.9 Å². The second-order valence-electron chi connectivity index (χ2n) is 7.62. The highest BCUT2D eigenvalue weighted by atomic mass is 19.4. The van der Waals surface area contributed by atoms with Crippen LogP contribution in [-0.4, -0.2) is 28.8 Å². The molecule has 0 radical (unpaired) electrons. The number of rotatable bonds is 3. The smallest absolute Gasteiger partial charge is 0.368 e. The Balaban J connectivity index is 2.05. The molecule has 3 rings (SSSR count). The molecule has 1 aliphatic rings. The van der Waals surface area contributed by atoms with E-state index in [1.165, 1.54) is 18.5 Å². The van der Waals surface area contributed by atoms with Gasteiger partial charge in [0.15, 0.2) is 0 Å². The van der Waals surface area contributed by atoms with Gasteiger partial charge in [0.1, 0.15) is 6.17 Å². The molecule has 0 spiro atoms. The van der Waals surface area contributed by atoms with E-state index in [9.17, 15) is 17.6 Å². The van der Waals surface area contributed by atoms with Crippen molar-refractivity contribution in [3.05, 3.63) is 54.1 Å². The highest BCUT2D eigenvalue weighted by Gasteiger charge is 2.41. The van der Waals surface area contributed by atoms with Crippen LogP contribution in [0.15, 0.2) is 43.0 Å². The van der Waals surface area contributed by atoms with Gasteiger partial charge in [-0.3, -0.25) is 0 Å². The molecule has 148 valence electrons. The molecule has 0 aliphatic heterocycles. The number of hydrogen-bond donors (Lipinski definition) is 0. The Labute approximate surface area is 160 Å². The molecule has 1 aliphatic carbocycles. The van der Waals surface area contributed by atoms with Gasteiger partial charge in [0, 0.05) is 25.1 Å². The fourth-order valence-corrected chi connectivity index (χ4v) is 3.72. The molecule has 0 saturated carbocycles. The molecule has 0 N–H and O–H groups in total. The van der Waals surface area contributed by atoms with Crippen molar-refractivity contribution in [3.8, 4) is 6.07 Å². The highest BCUT2D eigenvalue weighted by Crippen LogP contribution is 2.42. The number of halogens is 4. The Bertz CT molecular complexity index is 923. The average Bonchev–Trinajstić information content (AvgIpc) is 3.13. The van der Waals surface area contributed by atoms with Crippen molar-refractivity contribution < 1.29 is 17.6 Å². The Morgan fingerprint density at radius 3 is 2.61 bits per heavy atom. The van der Waals surface area contributed by atoms with E-state index in [2.05, 4.69) is 4.98 Å². The van der Waals surface area contributed by atoms with Gasteiger partial charge in [-0.25, -0.2) is 9.37 Å². The van der Waals surface area contributed by atoms with Gasteiger partial charge in [-0.2, -0.15) is 18.4 Å². The second-order valence-corrected chi connectivity index (χ2v) is 7.62. The summed E-state index contributed by atoms with van der Waals surface area (Å²) >= 11 is 0. The summed E-state index contributed by atoms with van der Waals surface area (Å²) < 4.78 is 56.3. The third-order valence-electron chi connectivity index (χ3n) is 5.21. The van der Waals surface area contributed by atoms with Gasteiger partial charge in [-0.05, 0) is 36.1 Å². The number of benzene rings is 1. The molecule has 1 aromatic carbocycles. The highest BCUT2D eigenvalue weighted by molar-refractivity contribution is 5.60. The minimum Gasteiger partial charge on any atom is -0.368 e. The first kappa shape index (κ1) is 19.9. The molecule has 2 aromatic rings. The fraction of sp³-hybridized carbons (Fsp3) is 0.400. The van der Waals surface area contributed by atoms with Gasteiger partial charge >= 0.3 is 6.18 Å². The van der Waals surface area contributed by atoms with Crippen LogP contribution in [0.2, 0.25) is 0 Å². The summed E-state index contributed by atoms with van der Waals surface area (Å²) in [5, 5.41) is 8.99. The lowest BCUT2D eigenvalue weighted by Crippen LogP contribution is -2.46. The van der Waals surface area contributed by atoms with E-state index in [4.69, 9.17) is 5.26 Å². The van der Waals surface area contributed by atoms with E-state index in [1.807, 2.05) is 13.8 Å². The molecular formula is C20H20F4N4. The van der Waals surface area contributed by atoms with Gasteiger partial charge in [0.2, 0.25) is 0 Å². The zero-order valence-corrected chi connectivity index (χ0v) is 15.7. The quantitative estimate of drug-likeness (QED) is 0.699. The molecule has 1 aromatic heterocycles. The van der Waals surface area contributed by atoms with Crippen LogP contribution in [0.1, 0.15) is 31.4 Å². The lowest BCUT2D eigenvalue weighted by molar-refractivity contribution is -0.137. The maximum atomic E-state index is 14.7. The Morgan fingerprint density at radius 2 is 2.04 bits per heavy atom. The average molecular weight is 392 g/mol. The topological polar surface area (TPSA) is 44.9 Å². The first-order valence-corrected chi connectivity index (χ1v) is 8.73. The molecule has 2 unspecified atom stereocenters. The normalized spacial score (nSPS) is 21.7. The number of allylic oxidation sites excluding steroid dienone is 1. The standard InChI is InChI=1S/C20H20F4N4/c1-19(2)10-16(21)17(28-7-6-26-12-28)9-18(19)27(3)14-5-4-13(11-25)15(8-14)20(22,23)24/h4-9,12,16,18H,10H2,1-3H3. The van der Waals surface area contributed by atoms with Crippen LogP contribution in [0.3, 0.4) is 0 Å². The number of imidazole rings is 1. The van der Waals surface area contributed by atoms with Crippen molar-refractivity contribution in [2.45, 2.75) is 38.7 Å². The van der Waals surface area contributed by atoms with Crippen molar-refractivity contribution in [2.24, 2.45) is 5.41 Å². The number of aromatic nitrogens is 2. The summed E-state index contributed by atoms with van der Waals surface area (Å²) in [6.45, 7) is 3.77. The van der Waals surface area contributed by atoms with Crippen LogP contribution in [0.5, 0.6) is 0 Å². The van der Waals surface area contributed by atoms with Gasteiger partial charge in [-0.15, -0.1) is 0 Å². The largest absolute Gasteiger partial charge is 0.417 e. The van der Waals surface area contributed by atoms with E-state index in [-0.39, 0.29) is 12.5 Å². The molecule has 4 nitrogen and oxygen atoms in total. The maximum Gasteiger partial charge on any atom is 0.417 e. The van der Waals surface area contributed by atoms with Gasteiger partial charge in [-0.1, -0.05) is 13.8 Å². The van der Waals surface area contributed by atoms with Crippen LogP contribution in [0, 0.1) is 16.7 Å². The van der Waals surface area contributed by atoms with E-state index in [1.54, 1.807) is 41.1 Å². The van der Waals surface area contributed by atoms with Gasteiger partial charge in [0.05, 0.1) is 35.3 Å². The summed E-state index contributed by atoms with van der Waals surface area (Å²) in [6.07, 6.45) is 0.791. The fourth-order valence-electron chi connectivity index (χ4n) is 3.72. The zero-order valence-electron chi connectivity index (χ0n) is 15.7. The molecular weight excluding hydrogens is 372 g/mol. The van der Waals surface area contributed by atoms with Crippen molar-refractivity contribution in [2.75, 3.05) is 11.9 Å². The molecule has 0 saturated heterocycles. The van der Waals surface area contributed by atoms with Crippen molar-refractivity contribution in [3.63, 3.8) is 0 Å². The molecule has 2 atom stereocenters. The number of likely N-dealkylation sites (N-methyl/N-ethyl adjacent to an activating group) is 1. The summed E-state index contributed by atoms with van der Waals surface area (Å²) in [4.78, 5) is 5.63. The first-order valence-electron chi connectivity index (χ1n) is 8.73. The molecule has 0 bridgehead atoms. The van der Waals surface area contributed by atoms with Crippen LogP contribution in [0.4, 0.5) is 23.2 Å². The van der Waals surface area contributed by atoms with Crippen molar-refractivity contribution >= 4 is 11.4 Å². The molecule has 28 heavy (non-hydrogen) atoms. The molecule has 0 fully saturated rings. The lowest BCUT2D eigenvalue weighted by Gasteiger charge is -2.44.